The van der Waals surface area contributed by atoms with Crippen molar-refractivity contribution < 1.29 is 43.2 Å². The van der Waals surface area contributed by atoms with E-state index >= 15 is 0 Å². The zero-order valence-corrected chi connectivity index (χ0v) is 43.4. The molecule has 2 aliphatic heterocycles. The molecule has 0 spiro atoms. The Bertz CT molecular complexity index is 2230. The fourth-order valence-electron chi connectivity index (χ4n) is 8.60. The SMILES string of the molecule is CC(C)CNC(=O)[C@@H](CCCN=C(N)N)NC(=O)[C@@H]1CCCN1C(=O)[C@@H]1CCSCCC(=O)C[C@@H](Cc2ccc(Cl)cc2)C(=O)N[C@@H](Cc2ccccc2)C(=O)N[C@@H](C(C)C)C(=O)N[C@@H](CC(N)=O)C(=O)C1. The second kappa shape index (κ2) is 29.5. The standard InChI is InChI=1S/C51H73ClN10O9S/c1-30(2)29-57-46(67)38(12-8-20-56-51(54)55)58-48(69)41-13-9-21-62(41)50(71)34-18-22-72-23-19-37(63)26-35(24-33-14-16-36(52)17-15-33)45(66)60-40(25-32-10-6-5-7-11-32)47(68)61-44(31(3)4)49(70)59-39(28-43(53)65)42(64)27-34/h5-7,10-11,14-17,30-31,34-35,38-41,44H,8-9,12-13,18-29H2,1-4H3,(H2,53,65)(H,57,67)(H,58,69)(H,59,70)(H,60,66)(H,61,68)(H4,54,55,56)/t34-,35-,38-,39+,40+,41+,44+/m1/s1. The van der Waals surface area contributed by atoms with Crippen molar-refractivity contribution in [3.8, 4) is 0 Å². The molecule has 0 aromatic heterocycles. The van der Waals surface area contributed by atoms with Gasteiger partial charge >= 0.3 is 0 Å². The first-order chi connectivity index (χ1) is 34.2. The van der Waals surface area contributed by atoms with Crippen LogP contribution in [-0.2, 0) is 56.0 Å². The molecule has 2 heterocycles. The molecule has 0 radical (unpaired) electrons. The summed E-state index contributed by atoms with van der Waals surface area (Å²) in [6.45, 7) is 8.00. The van der Waals surface area contributed by atoms with Gasteiger partial charge in [0, 0.05) is 67.9 Å². The van der Waals surface area contributed by atoms with Gasteiger partial charge in [-0.1, -0.05) is 81.8 Å². The lowest BCUT2D eigenvalue weighted by molar-refractivity contribution is -0.144. The Morgan fingerprint density at radius 3 is 2.15 bits per heavy atom. The average molecular weight is 1040 g/mol. The number of guanidine groups is 1. The summed E-state index contributed by atoms with van der Waals surface area (Å²) in [5.74, 6) is -7.13. The number of amides is 7. The number of thioether (sulfide) groups is 1. The molecule has 7 amide bonds. The van der Waals surface area contributed by atoms with Crippen LogP contribution in [0.3, 0.4) is 0 Å². The van der Waals surface area contributed by atoms with Crippen molar-refractivity contribution >= 4 is 82.2 Å². The fraction of sp³-hybridized carbons (Fsp3) is 0.569. The van der Waals surface area contributed by atoms with Crippen LogP contribution in [0.15, 0.2) is 59.6 Å². The molecule has 11 N–H and O–H groups in total. The van der Waals surface area contributed by atoms with Crippen molar-refractivity contribution in [2.45, 2.75) is 129 Å². The summed E-state index contributed by atoms with van der Waals surface area (Å²) in [5.41, 5.74) is 18.0. The number of aliphatic imine (C=N–C) groups is 1. The third-order valence-corrected chi connectivity index (χ3v) is 13.8. The predicted octanol–water partition coefficient (Wildman–Crippen LogP) is 2.09. The summed E-state index contributed by atoms with van der Waals surface area (Å²) in [7, 11) is 0. The van der Waals surface area contributed by atoms with E-state index < -0.39 is 108 Å². The van der Waals surface area contributed by atoms with E-state index in [4.69, 9.17) is 28.8 Å². The Morgan fingerprint density at radius 1 is 0.819 bits per heavy atom. The molecule has 4 rings (SSSR count). The topological polar surface area (TPSA) is 307 Å². The molecule has 0 saturated carbocycles. The first-order valence-corrected chi connectivity index (χ1v) is 26.3. The lowest BCUT2D eigenvalue weighted by Gasteiger charge is -2.30. The number of ketones is 2. The molecule has 394 valence electrons. The molecule has 2 aliphatic rings. The minimum Gasteiger partial charge on any atom is -0.370 e. The van der Waals surface area contributed by atoms with Gasteiger partial charge < -0.3 is 48.7 Å². The zero-order chi connectivity index (χ0) is 52.9. The highest BCUT2D eigenvalue weighted by Crippen LogP contribution is 2.26. The van der Waals surface area contributed by atoms with Crippen molar-refractivity contribution in [1.29, 1.82) is 0 Å². The highest BCUT2D eigenvalue weighted by Gasteiger charge is 2.40. The number of halogens is 1. The fourth-order valence-corrected chi connectivity index (χ4v) is 9.76. The third-order valence-electron chi connectivity index (χ3n) is 12.5. The molecule has 72 heavy (non-hydrogen) atoms. The third kappa shape index (κ3) is 19.5. The average Bonchev–Trinajstić information content (AvgIpc) is 3.83. The van der Waals surface area contributed by atoms with Crippen molar-refractivity contribution in [1.82, 2.24) is 31.5 Å². The molecular weight excluding hydrogens is 964 g/mol. The highest BCUT2D eigenvalue weighted by molar-refractivity contribution is 7.99. The summed E-state index contributed by atoms with van der Waals surface area (Å²) >= 11 is 7.53. The maximum absolute atomic E-state index is 14.7. The number of rotatable bonds is 17. The molecule has 0 unspecified atom stereocenters. The van der Waals surface area contributed by atoms with Crippen LogP contribution >= 0.6 is 23.4 Å². The van der Waals surface area contributed by atoms with Crippen LogP contribution in [0, 0.1) is 23.7 Å². The first kappa shape index (κ1) is 58.5. The van der Waals surface area contributed by atoms with E-state index in [1.165, 1.54) is 16.7 Å². The van der Waals surface area contributed by atoms with E-state index in [-0.39, 0.29) is 75.7 Å². The molecule has 21 heteroatoms. The number of nitrogens with one attached hydrogen (secondary N) is 5. The monoisotopic (exact) mass is 1040 g/mol. The molecule has 0 aliphatic carbocycles. The van der Waals surface area contributed by atoms with E-state index in [1.807, 2.05) is 13.8 Å². The molecule has 2 fully saturated rings. The minimum atomic E-state index is -1.49. The summed E-state index contributed by atoms with van der Waals surface area (Å²) in [5, 5.41) is 14.4. The first-order valence-electron chi connectivity index (χ1n) is 24.8. The second-order valence-corrected chi connectivity index (χ2v) is 21.0. The summed E-state index contributed by atoms with van der Waals surface area (Å²) < 4.78 is 0. The van der Waals surface area contributed by atoms with Gasteiger partial charge in [-0.3, -0.25) is 48.1 Å². The predicted molar refractivity (Wildman–Crippen MR) is 277 cm³/mol. The summed E-state index contributed by atoms with van der Waals surface area (Å²) in [6.07, 6.45) is 0.539. The Morgan fingerprint density at radius 2 is 1.50 bits per heavy atom. The smallest absolute Gasteiger partial charge is 0.243 e. The van der Waals surface area contributed by atoms with E-state index in [0.29, 0.717) is 41.5 Å². The molecular formula is C51H73ClN10O9S. The van der Waals surface area contributed by atoms with Gasteiger partial charge in [0.15, 0.2) is 11.7 Å². The van der Waals surface area contributed by atoms with E-state index in [1.54, 1.807) is 68.4 Å². The van der Waals surface area contributed by atoms with Gasteiger partial charge in [0.1, 0.15) is 30.0 Å². The van der Waals surface area contributed by atoms with E-state index in [9.17, 15) is 43.2 Å². The van der Waals surface area contributed by atoms with Crippen molar-refractivity contribution in [3.63, 3.8) is 0 Å². The number of likely N-dealkylation sites (tertiary alicyclic amines) is 1. The van der Waals surface area contributed by atoms with Gasteiger partial charge in [-0.2, -0.15) is 11.8 Å². The van der Waals surface area contributed by atoms with Gasteiger partial charge in [-0.05, 0) is 79.4 Å². The maximum Gasteiger partial charge on any atom is 0.243 e. The Labute approximate surface area is 431 Å². The van der Waals surface area contributed by atoms with Crippen molar-refractivity contribution in [2.24, 2.45) is 45.9 Å². The molecule has 2 saturated heterocycles. The Hall–Kier alpha value is -6.02. The van der Waals surface area contributed by atoms with Crippen LogP contribution < -0.4 is 43.8 Å². The summed E-state index contributed by atoms with van der Waals surface area (Å²) in [4.78, 5) is 131. The van der Waals surface area contributed by atoms with Crippen LogP contribution in [0.4, 0.5) is 0 Å². The van der Waals surface area contributed by atoms with Crippen LogP contribution in [-0.4, -0.2) is 125 Å². The largest absolute Gasteiger partial charge is 0.370 e. The number of primary amides is 1. The summed E-state index contributed by atoms with van der Waals surface area (Å²) in [6, 6.07) is 9.97. The zero-order valence-electron chi connectivity index (χ0n) is 41.8. The number of nitrogens with zero attached hydrogens (tertiary/aromatic N) is 2. The molecule has 2 aromatic rings. The lowest BCUT2D eigenvalue weighted by atomic mass is 9.92. The highest BCUT2D eigenvalue weighted by atomic mass is 35.5. The number of hydrogen-bond acceptors (Lipinski definition) is 11. The van der Waals surface area contributed by atoms with Crippen LogP contribution in [0.2, 0.25) is 5.02 Å². The number of nitrogens with two attached hydrogens (primary N) is 3. The molecule has 19 nitrogen and oxygen atoms in total. The van der Waals surface area contributed by atoms with Crippen LogP contribution in [0.25, 0.3) is 0 Å². The second-order valence-electron chi connectivity index (χ2n) is 19.3. The normalized spacial score (nSPS) is 22.5. The quantitative estimate of drug-likeness (QED) is 0.0642. The number of carbonyl (C=O) groups excluding carboxylic acids is 9. The Kier molecular flexibility index (Phi) is 24.0. The minimum absolute atomic E-state index is 0.0374. The molecule has 0 bridgehead atoms. The number of hydrogen-bond donors (Lipinski definition) is 8. The van der Waals surface area contributed by atoms with Crippen molar-refractivity contribution in [2.75, 3.05) is 31.1 Å². The van der Waals surface area contributed by atoms with Crippen LogP contribution in [0.1, 0.15) is 96.6 Å². The van der Waals surface area contributed by atoms with E-state index in [0.717, 1.165) is 5.56 Å². The number of carbonyl (C=O) groups is 9. The molecule has 2 aromatic carbocycles. The van der Waals surface area contributed by atoms with E-state index in [2.05, 4.69) is 31.6 Å². The van der Waals surface area contributed by atoms with Gasteiger partial charge in [0.25, 0.3) is 0 Å². The van der Waals surface area contributed by atoms with Gasteiger partial charge in [0.05, 0.1) is 12.5 Å². The lowest BCUT2D eigenvalue weighted by Crippen LogP contribution is -2.58. The van der Waals surface area contributed by atoms with Crippen molar-refractivity contribution in [3.05, 3.63) is 70.7 Å². The maximum atomic E-state index is 14.7. The molecule has 7 atom stereocenters. The Balaban J connectivity index is 1.66. The number of Topliss-reactive ketones (excluding diaryl/α,β-unsaturated/α-hetero) is 2. The van der Waals surface area contributed by atoms with Gasteiger partial charge in [-0.25, -0.2) is 0 Å². The van der Waals surface area contributed by atoms with Gasteiger partial charge in [-0.15, -0.1) is 0 Å². The van der Waals surface area contributed by atoms with Crippen LogP contribution in [0.5, 0.6) is 0 Å². The number of benzene rings is 2. The van der Waals surface area contributed by atoms with Gasteiger partial charge in [0.2, 0.25) is 41.4 Å².